The van der Waals surface area contributed by atoms with Crippen LogP contribution in [-0.2, 0) is 11.3 Å². The Balaban J connectivity index is 2.21. The molecule has 0 aliphatic rings. The SMILES string of the molecule is COc1ccc(Br)c(C(C(N)=O)N(C)Cc2ccc(SC(F)F)cc2)c1. The second-order valence-electron chi connectivity index (χ2n) is 5.63. The number of primary amides is 1. The molecule has 2 N–H and O–H groups in total. The molecule has 2 aromatic carbocycles. The van der Waals surface area contributed by atoms with Gasteiger partial charge in [-0.15, -0.1) is 0 Å². The summed E-state index contributed by atoms with van der Waals surface area (Å²) < 4.78 is 30.8. The number of ether oxygens (including phenoxy) is 1. The van der Waals surface area contributed by atoms with Crippen molar-refractivity contribution in [3.63, 3.8) is 0 Å². The molecular weight excluding hydrogens is 426 g/mol. The van der Waals surface area contributed by atoms with E-state index < -0.39 is 17.7 Å². The molecule has 0 radical (unpaired) electrons. The third kappa shape index (κ3) is 5.43. The number of amides is 1. The molecule has 0 aliphatic carbocycles. The average molecular weight is 445 g/mol. The minimum Gasteiger partial charge on any atom is -0.497 e. The maximum atomic E-state index is 12.4. The quantitative estimate of drug-likeness (QED) is 0.611. The number of likely N-dealkylation sites (N-methyl/N-ethyl adjacent to an activating group) is 1. The largest absolute Gasteiger partial charge is 0.497 e. The van der Waals surface area contributed by atoms with Gasteiger partial charge in [-0.1, -0.05) is 39.8 Å². The van der Waals surface area contributed by atoms with Crippen LogP contribution in [0.4, 0.5) is 8.78 Å². The van der Waals surface area contributed by atoms with Gasteiger partial charge in [0.15, 0.2) is 0 Å². The number of hydrogen-bond acceptors (Lipinski definition) is 4. The standard InChI is InChI=1S/C18H19BrF2N2O2S/c1-23(10-11-3-6-13(7-4-11)26-18(20)21)16(17(22)24)14-9-12(25-2)5-8-15(14)19/h3-9,16,18H,10H2,1-2H3,(H2,22,24). The van der Waals surface area contributed by atoms with Crippen molar-refractivity contribution in [3.05, 3.63) is 58.1 Å². The average Bonchev–Trinajstić information content (AvgIpc) is 2.57. The minimum absolute atomic E-state index is 0.427. The zero-order valence-corrected chi connectivity index (χ0v) is 16.7. The van der Waals surface area contributed by atoms with Crippen LogP contribution in [0.2, 0.25) is 0 Å². The maximum Gasteiger partial charge on any atom is 0.288 e. The van der Waals surface area contributed by atoms with Gasteiger partial charge in [-0.3, -0.25) is 9.69 Å². The Bertz CT molecular complexity index is 759. The molecule has 0 fully saturated rings. The van der Waals surface area contributed by atoms with Crippen molar-refractivity contribution in [1.29, 1.82) is 0 Å². The van der Waals surface area contributed by atoms with Crippen LogP contribution in [0, 0.1) is 0 Å². The van der Waals surface area contributed by atoms with Gasteiger partial charge < -0.3 is 10.5 Å². The van der Waals surface area contributed by atoms with E-state index in [1.807, 2.05) is 0 Å². The second kappa shape index (κ2) is 9.34. The molecule has 0 saturated carbocycles. The van der Waals surface area contributed by atoms with Crippen LogP contribution in [0.5, 0.6) is 5.75 Å². The molecule has 2 aromatic rings. The molecule has 8 heteroatoms. The van der Waals surface area contributed by atoms with Gasteiger partial charge in [0.25, 0.3) is 5.76 Å². The molecule has 0 spiro atoms. The summed E-state index contributed by atoms with van der Waals surface area (Å²) in [6, 6.07) is 11.5. The second-order valence-corrected chi connectivity index (χ2v) is 7.55. The number of benzene rings is 2. The Morgan fingerprint density at radius 3 is 2.46 bits per heavy atom. The Morgan fingerprint density at radius 2 is 1.92 bits per heavy atom. The highest BCUT2D eigenvalue weighted by Crippen LogP contribution is 2.32. The fourth-order valence-electron chi connectivity index (χ4n) is 2.62. The van der Waals surface area contributed by atoms with E-state index in [-0.39, 0.29) is 0 Å². The normalized spacial score (nSPS) is 12.4. The summed E-state index contributed by atoms with van der Waals surface area (Å²) in [5, 5.41) is 0. The lowest BCUT2D eigenvalue weighted by Gasteiger charge is -2.27. The van der Waals surface area contributed by atoms with E-state index in [0.717, 1.165) is 10.0 Å². The molecule has 1 amide bonds. The Kier molecular flexibility index (Phi) is 7.43. The molecular formula is C18H19BrF2N2O2S. The summed E-state index contributed by atoms with van der Waals surface area (Å²) in [6.45, 7) is 0.427. The van der Waals surface area contributed by atoms with Crippen molar-refractivity contribution in [1.82, 2.24) is 4.90 Å². The number of carbonyl (C=O) groups excluding carboxylic acids is 1. The fraction of sp³-hybridized carbons (Fsp3) is 0.278. The highest BCUT2D eigenvalue weighted by atomic mass is 79.9. The van der Waals surface area contributed by atoms with Crippen LogP contribution in [0.25, 0.3) is 0 Å². The predicted molar refractivity (Wildman–Crippen MR) is 102 cm³/mol. The molecule has 1 atom stereocenters. The Labute approximate surface area is 163 Å². The zero-order chi connectivity index (χ0) is 19.3. The van der Waals surface area contributed by atoms with Crippen LogP contribution in [-0.4, -0.2) is 30.7 Å². The summed E-state index contributed by atoms with van der Waals surface area (Å²) in [5.74, 6) is -2.32. The van der Waals surface area contributed by atoms with Crippen molar-refractivity contribution in [2.75, 3.05) is 14.2 Å². The first kappa shape index (κ1) is 20.7. The highest BCUT2D eigenvalue weighted by molar-refractivity contribution is 9.10. The number of halogens is 3. The number of carbonyl (C=O) groups is 1. The molecule has 0 heterocycles. The van der Waals surface area contributed by atoms with E-state index in [0.29, 0.717) is 34.5 Å². The van der Waals surface area contributed by atoms with Crippen molar-refractivity contribution in [2.24, 2.45) is 5.73 Å². The maximum absolute atomic E-state index is 12.4. The summed E-state index contributed by atoms with van der Waals surface area (Å²) >= 11 is 3.95. The molecule has 2 rings (SSSR count). The molecule has 4 nitrogen and oxygen atoms in total. The summed E-state index contributed by atoms with van der Waals surface area (Å²) in [7, 11) is 3.33. The summed E-state index contributed by atoms with van der Waals surface area (Å²) in [5.41, 5.74) is 7.22. The van der Waals surface area contributed by atoms with Gasteiger partial charge in [0.05, 0.1) is 7.11 Å². The lowest BCUT2D eigenvalue weighted by molar-refractivity contribution is -0.123. The number of nitrogens with two attached hydrogens (primary N) is 1. The van der Waals surface area contributed by atoms with E-state index in [1.54, 1.807) is 61.5 Å². The van der Waals surface area contributed by atoms with Crippen molar-refractivity contribution in [3.8, 4) is 5.75 Å². The first-order chi connectivity index (χ1) is 12.3. The fourth-order valence-corrected chi connectivity index (χ4v) is 3.58. The van der Waals surface area contributed by atoms with Gasteiger partial charge in [0.2, 0.25) is 5.91 Å². The molecule has 0 saturated heterocycles. The lowest BCUT2D eigenvalue weighted by Crippen LogP contribution is -2.35. The van der Waals surface area contributed by atoms with E-state index in [9.17, 15) is 13.6 Å². The van der Waals surface area contributed by atoms with Crippen LogP contribution in [0.3, 0.4) is 0 Å². The van der Waals surface area contributed by atoms with Crippen LogP contribution in [0.15, 0.2) is 51.8 Å². The first-order valence-corrected chi connectivity index (χ1v) is 9.36. The third-order valence-corrected chi connectivity index (χ3v) is 5.23. The number of nitrogens with zero attached hydrogens (tertiary/aromatic N) is 1. The van der Waals surface area contributed by atoms with Crippen molar-refractivity contribution in [2.45, 2.75) is 23.2 Å². The van der Waals surface area contributed by atoms with Crippen molar-refractivity contribution < 1.29 is 18.3 Å². The predicted octanol–water partition coefficient (Wildman–Crippen LogP) is 4.43. The summed E-state index contributed by atoms with van der Waals surface area (Å²) in [6.07, 6.45) is 0. The van der Waals surface area contributed by atoms with Crippen LogP contribution >= 0.6 is 27.7 Å². The van der Waals surface area contributed by atoms with E-state index in [1.165, 1.54) is 0 Å². The zero-order valence-electron chi connectivity index (χ0n) is 14.3. The molecule has 140 valence electrons. The van der Waals surface area contributed by atoms with Gasteiger partial charge >= 0.3 is 0 Å². The highest BCUT2D eigenvalue weighted by Gasteiger charge is 2.25. The smallest absolute Gasteiger partial charge is 0.288 e. The Morgan fingerprint density at radius 1 is 1.27 bits per heavy atom. The number of thioether (sulfide) groups is 1. The van der Waals surface area contributed by atoms with Gasteiger partial charge in [-0.05, 0) is 48.5 Å². The lowest BCUT2D eigenvalue weighted by atomic mass is 10.0. The Hall–Kier alpha value is -1.64. The number of methoxy groups -OCH3 is 1. The van der Waals surface area contributed by atoms with Gasteiger partial charge in [-0.25, -0.2) is 0 Å². The van der Waals surface area contributed by atoms with E-state index in [2.05, 4.69) is 15.9 Å². The minimum atomic E-state index is -2.45. The van der Waals surface area contributed by atoms with Crippen LogP contribution < -0.4 is 10.5 Å². The molecule has 26 heavy (non-hydrogen) atoms. The number of alkyl halides is 2. The number of rotatable bonds is 8. The van der Waals surface area contributed by atoms with Crippen LogP contribution in [0.1, 0.15) is 17.2 Å². The molecule has 0 aliphatic heterocycles. The van der Waals surface area contributed by atoms with E-state index in [4.69, 9.17) is 10.5 Å². The number of hydrogen-bond donors (Lipinski definition) is 1. The molecule has 0 aromatic heterocycles. The monoisotopic (exact) mass is 444 g/mol. The van der Waals surface area contributed by atoms with Crippen molar-refractivity contribution >= 4 is 33.6 Å². The molecule has 1 unspecified atom stereocenters. The van der Waals surface area contributed by atoms with E-state index >= 15 is 0 Å². The van der Waals surface area contributed by atoms with Gasteiger partial charge in [0, 0.05) is 15.9 Å². The summed E-state index contributed by atoms with van der Waals surface area (Å²) in [4.78, 5) is 14.4. The third-order valence-electron chi connectivity index (χ3n) is 3.79. The molecule has 0 bridgehead atoms. The topological polar surface area (TPSA) is 55.6 Å². The first-order valence-electron chi connectivity index (χ1n) is 7.68. The van der Waals surface area contributed by atoms with Gasteiger partial charge in [0.1, 0.15) is 11.8 Å². The van der Waals surface area contributed by atoms with Gasteiger partial charge in [-0.2, -0.15) is 8.78 Å².